The van der Waals surface area contributed by atoms with E-state index in [0.29, 0.717) is 18.7 Å². The Balaban J connectivity index is 1.63. The maximum atomic E-state index is 14.4. The smallest absolute Gasteiger partial charge is 0.321 e. The van der Waals surface area contributed by atoms with Gasteiger partial charge in [0.2, 0.25) is 0 Å². The zero-order chi connectivity index (χ0) is 35.9. The molecule has 0 bridgehead atoms. The number of hydrogen-bond acceptors (Lipinski definition) is 9. The Labute approximate surface area is 286 Å². The normalized spacial score (nSPS) is 20.0. The van der Waals surface area contributed by atoms with Crippen LogP contribution in [0.2, 0.25) is 0 Å². The van der Waals surface area contributed by atoms with Crippen LogP contribution in [0.3, 0.4) is 0 Å². The van der Waals surface area contributed by atoms with Crippen LogP contribution in [0.15, 0.2) is 51.9 Å². The van der Waals surface area contributed by atoms with Gasteiger partial charge in [-0.3, -0.25) is 9.52 Å². The van der Waals surface area contributed by atoms with Gasteiger partial charge in [0.05, 0.1) is 30.4 Å². The fourth-order valence-corrected chi connectivity index (χ4v) is 7.00. The minimum absolute atomic E-state index is 0.0875. The number of amides is 3. The second kappa shape index (κ2) is 16.5. The molecule has 13 nitrogen and oxygen atoms in total. The predicted octanol–water partition coefficient (Wildman–Crippen LogP) is 5.19. The number of likely N-dealkylation sites (N-methyl/N-ethyl adjacent to an activating group) is 1. The fraction of sp³-hybridized carbons (Fsp3) is 0.500. The second-order valence-corrected chi connectivity index (χ2v) is 14.2. The molecule has 3 aromatic rings. The van der Waals surface area contributed by atoms with Gasteiger partial charge in [0.25, 0.3) is 15.9 Å². The van der Waals surface area contributed by atoms with E-state index in [1.54, 1.807) is 20.0 Å². The van der Waals surface area contributed by atoms with Gasteiger partial charge in [-0.25, -0.2) is 17.6 Å². The lowest BCUT2D eigenvalue weighted by Crippen LogP contribution is -2.48. The molecule has 0 aliphatic carbocycles. The lowest BCUT2D eigenvalue weighted by atomic mass is 10.0. The lowest BCUT2D eigenvalue weighted by Gasteiger charge is -2.35. The largest absolute Gasteiger partial charge is 0.490 e. The Morgan fingerprint density at radius 2 is 1.84 bits per heavy atom. The van der Waals surface area contributed by atoms with Crippen molar-refractivity contribution in [2.75, 3.05) is 43.4 Å². The molecule has 0 spiro atoms. The van der Waals surface area contributed by atoms with Crippen LogP contribution in [0.5, 0.6) is 5.75 Å². The minimum Gasteiger partial charge on any atom is -0.490 e. The summed E-state index contributed by atoms with van der Waals surface area (Å²) in [6.45, 7) is 8.94. The summed E-state index contributed by atoms with van der Waals surface area (Å²) in [7, 11) is -2.48. The summed E-state index contributed by atoms with van der Waals surface area (Å²) in [5.74, 6) is -0.798. The summed E-state index contributed by atoms with van der Waals surface area (Å²) in [6.07, 6.45) is 1.39. The van der Waals surface area contributed by atoms with Crippen LogP contribution in [0.4, 0.5) is 20.6 Å². The third-order valence-electron chi connectivity index (χ3n) is 8.44. The highest BCUT2D eigenvalue weighted by Gasteiger charge is 2.32. The number of anilines is 2. The van der Waals surface area contributed by atoms with E-state index in [9.17, 15) is 27.5 Å². The molecule has 15 heteroatoms. The van der Waals surface area contributed by atoms with Gasteiger partial charge >= 0.3 is 6.03 Å². The van der Waals surface area contributed by atoms with E-state index in [-0.39, 0.29) is 65.1 Å². The van der Waals surface area contributed by atoms with E-state index in [2.05, 4.69) is 15.2 Å². The van der Waals surface area contributed by atoms with Crippen LogP contribution in [0, 0.1) is 25.6 Å². The number of aromatic nitrogens is 1. The molecule has 2 heterocycles. The van der Waals surface area contributed by atoms with Crippen molar-refractivity contribution in [3.8, 4) is 5.75 Å². The van der Waals surface area contributed by atoms with Crippen LogP contribution in [-0.4, -0.2) is 92.0 Å². The molecule has 49 heavy (non-hydrogen) atoms. The molecule has 4 atom stereocenters. The number of urea groups is 1. The number of ether oxygens (including phenoxy) is 2. The summed E-state index contributed by atoms with van der Waals surface area (Å²) in [6, 6.07) is 8.92. The molecular formula is C34H46FN5O8S. The number of sulfonamides is 1. The maximum Gasteiger partial charge on any atom is 0.321 e. The Bertz CT molecular complexity index is 1680. The van der Waals surface area contributed by atoms with Crippen LogP contribution < -0.4 is 14.8 Å². The van der Waals surface area contributed by atoms with Crippen molar-refractivity contribution in [2.45, 2.75) is 77.0 Å². The molecule has 1 aliphatic rings. The number of benzene rings is 2. The molecule has 0 fully saturated rings. The molecular weight excluding hydrogens is 657 g/mol. The number of aliphatic hydroxyl groups is 1. The van der Waals surface area contributed by atoms with Gasteiger partial charge in [0.15, 0.2) is 10.7 Å². The highest BCUT2D eigenvalue weighted by Crippen LogP contribution is 2.30. The molecule has 268 valence electrons. The Kier molecular flexibility index (Phi) is 12.6. The number of carbonyl (C=O) groups excluding carboxylic acids is 2. The van der Waals surface area contributed by atoms with Crippen molar-refractivity contribution >= 4 is 33.3 Å². The average Bonchev–Trinajstić information content (AvgIpc) is 3.41. The molecule has 0 saturated carbocycles. The predicted molar refractivity (Wildman–Crippen MR) is 182 cm³/mol. The van der Waals surface area contributed by atoms with Gasteiger partial charge in [-0.05, 0) is 89.4 Å². The summed E-state index contributed by atoms with van der Waals surface area (Å²) in [4.78, 5) is 30.3. The molecule has 0 saturated heterocycles. The van der Waals surface area contributed by atoms with Gasteiger partial charge in [-0.15, -0.1) is 0 Å². The number of aliphatic hydroxyl groups excluding tert-OH is 1. The van der Waals surface area contributed by atoms with Crippen molar-refractivity contribution in [3.05, 3.63) is 65.3 Å². The van der Waals surface area contributed by atoms with E-state index in [1.165, 1.54) is 60.0 Å². The molecule has 3 N–H and O–H groups in total. The zero-order valence-electron chi connectivity index (χ0n) is 28.7. The summed E-state index contributed by atoms with van der Waals surface area (Å²) in [5, 5.41) is 16.7. The lowest BCUT2D eigenvalue weighted by molar-refractivity contribution is -0.0115. The quantitative estimate of drug-likeness (QED) is 0.287. The summed E-state index contributed by atoms with van der Waals surface area (Å²) >= 11 is 0. The molecule has 1 aromatic heterocycles. The molecule has 1 aliphatic heterocycles. The number of carbonyl (C=O) groups is 2. The minimum atomic E-state index is -4.11. The molecule has 2 aromatic carbocycles. The van der Waals surface area contributed by atoms with E-state index in [4.69, 9.17) is 14.0 Å². The summed E-state index contributed by atoms with van der Waals surface area (Å²) < 4.78 is 60.1. The van der Waals surface area contributed by atoms with Gasteiger partial charge in [0.1, 0.15) is 17.3 Å². The van der Waals surface area contributed by atoms with Crippen LogP contribution in [0.25, 0.3) is 0 Å². The number of rotatable bonds is 8. The summed E-state index contributed by atoms with van der Waals surface area (Å²) in [5.41, 5.74) is 0.881. The third kappa shape index (κ3) is 9.70. The van der Waals surface area contributed by atoms with Crippen LogP contribution >= 0.6 is 0 Å². The van der Waals surface area contributed by atoms with Crippen LogP contribution in [-0.2, 0) is 14.8 Å². The van der Waals surface area contributed by atoms with E-state index in [0.717, 1.165) is 12.8 Å². The average molecular weight is 704 g/mol. The first-order chi connectivity index (χ1) is 23.2. The second-order valence-electron chi connectivity index (χ2n) is 12.6. The van der Waals surface area contributed by atoms with E-state index >= 15 is 0 Å². The van der Waals surface area contributed by atoms with Gasteiger partial charge < -0.3 is 34.2 Å². The first-order valence-corrected chi connectivity index (χ1v) is 17.8. The highest BCUT2D eigenvalue weighted by molar-refractivity contribution is 7.92. The standard InChI is InChI=1S/C34H46FN5O8S/c1-21-18-40(22(2)20-41)33(42)29-17-28(38-49(44,45)32-24(4)37-48-25(32)5)14-15-30(29)47-23(3)9-7-8-16-46-31(21)19-39(6)34(43)36-27-12-10-26(35)11-13-27/h10-15,17,21-23,31,38,41H,7-9,16,18-20H2,1-6H3,(H,36,43)/t21-,22+,23-,31-/m1/s1. The monoisotopic (exact) mass is 703 g/mol. The highest BCUT2D eigenvalue weighted by atomic mass is 32.2. The Hall–Kier alpha value is -4.21. The number of halogens is 1. The number of fused-ring (bicyclic) bond motifs is 1. The number of aryl methyl sites for hydroxylation is 2. The number of hydrogen-bond donors (Lipinski definition) is 3. The van der Waals surface area contributed by atoms with Crippen molar-refractivity contribution in [3.63, 3.8) is 0 Å². The number of nitrogens with zero attached hydrogens (tertiary/aromatic N) is 3. The van der Waals surface area contributed by atoms with E-state index < -0.39 is 39.9 Å². The van der Waals surface area contributed by atoms with Crippen molar-refractivity contribution in [1.29, 1.82) is 0 Å². The SMILES string of the molecule is Cc1noc(C)c1S(=O)(=O)Nc1ccc2c(c1)C(=O)N([C@@H](C)CO)C[C@@H](C)[C@@H](CN(C)C(=O)Nc1ccc(F)cc1)OCCCC[C@@H](C)O2. The van der Waals surface area contributed by atoms with Crippen LogP contribution in [0.1, 0.15) is 61.8 Å². The molecule has 4 rings (SSSR count). The van der Waals surface area contributed by atoms with Crippen molar-refractivity contribution in [1.82, 2.24) is 15.0 Å². The van der Waals surface area contributed by atoms with Gasteiger partial charge in [0, 0.05) is 44.0 Å². The van der Waals surface area contributed by atoms with Crippen molar-refractivity contribution in [2.24, 2.45) is 5.92 Å². The van der Waals surface area contributed by atoms with Gasteiger partial charge in [-0.1, -0.05) is 12.1 Å². The maximum absolute atomic E-state index is 14.4. The first kappa shape index (κ1) is 37.6. The molecule has 3 amide bonds. The Morgan fingerprint density at radius 1 is 1.14 bits per heavy atom. The zero-order valence-corrected chi connectivity index (χ0v) is 29.5. The van der Waals surface area contributed by atoms with Gasteiger partial charge in [-0.2, -0.15) is 0 Å². The Morgan fingerprint density at radius 3 is 2.49 bits per heavy atom. The molecule has 0 radical (unpaired) electrons. The third-order valence-corrected chi connectivity index (χ3v) is 10.1. The van der Waals surface area contributed by atoms with Crippen molar-refractivity contribution < 1.29 is 41.5 Å². The van der Waals surface area contributed by atoms with E-state index in [1.807, 2.05) is 13.8 Å². The fourth-order valence-electron chi connectivity index (χ4n) is 5.62. The topological polar surface area (TPSA) is 164 Å². The number of nitrogens with one attached hydrogen (secondary N) is 2. The first-order valence-electron chi connectivity index (χ1n) is 16.3. The molecule has 0 unspecified atom stereocenters.